The summed E-state index contributed by atoms with van der Waals surface area (Å²) in [5.74, 6) is 0. The van der Waals surface area contributed by atoms with Gasteiger partial charge in [-0.2, -0.15) is 0 Å². The van der Waals surface area contributed by atoms with Gasteiger partial charge in [-0.05, 0) is 36.5 Å². The van der Waals surface area contributed by atoms with Gasteiger partial charge in [0.1, 0.15) is 0 Å². The minimum absolute atomic E-state index is 0.312. The van der Waals surface area contributed by atoms with Gasteiger partial charge in [-0.1, -0.05) is 61.5 Å². The van der Waals surface area contributed by atoms with Crippen LogP contribution in [0.3, 0.4) is 0 Å². The lowest BCUT2D eigenvalue weighted by Gasteiger charge is -2.25. The summed E-state index contributed by atoms with van der Waals surface area (Å²) in [6.45, 7) is 4.27. The maximum absolute atomic E-state index is 6.46. The number of aryl methyl sites for hydroxylation is 1. The third-order valence-corrected chi connectivity index (χ3v) is 3.44. The summed E-state index contributed by atoms with van der Waals surface area (Å²) >= 11 is 0. The van der Waals surface area contributed by atoms with Gasteiger partial charge in [0.15, 0.2) is 0 Å². The molecule has 0 fully saturated rings. The Balaban J connectivity index is 2.19. The molecular formula is C17H21N. The van der Waals surface area contributed by atoms with E-state index in [0.717, 1.165) is 12.8 Å². The highest BCUT2D eigenvalue weighted by atomic mass is 14.7. The summed E-state index contributed by atoms with van der Waals surface area (Å²) in [7, 11) is 0. The normalized spacial score (nSPS) is 14.2. The molecule has 0 saturated carbocycles. The highest BCUT2D eigenvalue weighted by Crippen LogP contribution is 2.23. The van der Waals surface area contributed by atoms with Crippen LogP contribution in [-0.4, -0.2) is 0 Å². The van der Waals surface area contributed by atoms with Crippen molar-refractivity contribution in [3.05, 3.63) is 71.3 Å². The van der Waals surface area contributed by atoms with Crippen LogP contribution >= 0.6 is 0 Å². The standard InChI is InChI=1S/C17H21N/c1-3-14-9-11-16(12-10-14)17(2,18)13-15-7-5-4-6-8-15/h4-12H,3,13,18H2,1-2H3. The Morgan fingerprint density at radius 3 is 2.06 bits per heavy atom. The molecule has 2 rings (SSSR count). The Labute approximate surface area is 110 Å². The van der Waals surface area contributed by atoms with Crippen LogP contribution in [0.25, 0.3) is 0 Å². The van der Waals surface area contributed by atoms with Gasteiger partial charge >= 0.3 is 0 Å². The second-order valence-corrected chi connectivity index (χ2v) is 5.13. The van der Waals surface area contributed by atoms with Crippen LogP contribution in [0.4, 0.5) is 0 Å². The van der Waals surface area contributed by atoms with E-state index in [0.29, 0.717) is 0 Å². The lowest BCUT2D eigenvalue weighted by Crippen LogP contribution is -2.35. The van der Waals surface area contributed by atoms with Crippen LogP contribution in [-0.2, 0) is 18.4 Å². The molecular weight excluding hydrogens is 218 g/mol. The predicted molar refractivity (Wildman–Crippen MR) is 77.5 cm³/mol. The largest absolute Gasteiger partial charge is 0.321 e. The fourth-order valence-corrected chi connectivity index (χ4v) is 2.24. The molecule has 1 unspecified atom stereocenters. The van der Waals surface area contributed by atoms with E-state index in [1.807, 2.05) is 6.07 Å². The van der Waals surface area contributed by atoms with Gasteiger partial charge in [-0.3, -0.25) is 0 Å². The molecule has 1 nitrogen and oxygen atoms in total. The Morgan fingerprint density at radius 2 is 1.50 bits per heavy atom. The molecule has 0 amide bonds. The third-order valence-electron chi connectivity index (χ3n) is 3.44. The zero-order chi connectivity index (χ0) is 13.0. The number of benzene rings is 2. The van der Waals surface area contributed by atoms with Crippen LogP contribution in [0.1, 0.15) is 30.5 Å². The number of nitrogens with two attached hydrogens (primary N) is 1. The minimum atomic E-state index is -0.312. The zero-order valence-electron chi connectivity index (χ0n) is 11.2. The van der Waals surface area contributed by atoms with E-state index in [9.17, 15) is 0 Å². The maximum Gasteiger partial charge on any atom is 0.0421 e. The van der Waals surface area contributed by atoms with Crippen molar-refractivity contribution >= 4 is 0 Å². The molecule has 0 bridgehead atoms. The highest BCUT2D eigenvalue weighted by molar-refractivity contribution is 5.30. The smallest absolute Gasteiger partial charge is 0.0421 e. The third kappa shape index (κ3) is 2.99. The molecule has 1 heteroatoms. The maximum atomic E-state index is 6.46. The summed E-state index contributed by atoms with van der Waals surface area (Å²) in [6, 6.07) is 19.1. The summed E-state index contributed by atoms with van der Waals surface area (Å²) in [5.41, 5.74) is 9.98. The van der Waals surface area contributed by atoms with Crippen molar-refractivity contribution in [2.75, 3.05) is 0 Å². The van der Waals surface area contributed by atoms with Crippen LogP contribution in [0.5, 0.6) is 0 Å². The number of hydrogen-bond acceptors (Lipinski definition) is 1. The van der Waals surface area contributed by atoms with E-state index in [4.69, 9.17) is 5.73 Å². The van der Waals surface area contributed by atoms with Crippen molar-refractivity contribution in [2.24, 2.45) is 5.73 Å². The first-order valence-electron chi connectivity index (χ1n) is 6.54. The molecule has 0 spiro atoms. The topological polar surface area (TPSA) is 26.0 Å². The molecule has 2 aromatic rings. The van der Waals surface area contributed by atoms with Crippen LogP contribution in [0.2, 0.25) is 0 Å². The average molecular weight is 239 g/mol. The van der Waals surface area contributed by atoms with Crippen molar-refractivity contribution in [3.8, 4) is 0 Å². The molecule has 0 saturated heterocycles. The van der Waals surface area contributed by atoms with E-state index in [1.165, 1.54) is 16.7 Å². The lowest BCUT2D eigenvalue weighted by atomic mass is 9.86. The molecule has 0 heterocycles. The quantitative estimate of drug-likeness (QED) is 0.865. The molecule has 0 radical (unpaired) electrons. The minimum Gasteiger partial charge on any atom is -0.321 e. The van der Waals surface area contributed by atoms with Crippen molar-refractivity contribution in [3.63, 3.8) is 0 Å². The zero-order valence-corrected chi connectivity index (χ0v) is 11.2. The second-order valence-electron chi connectivity index (χ2n) is 5.13. The van der Waals surface area contributed by atoms with Crippen molar-refractivity contribution in [1.29, 1.82) is 0 Å². The van der Waals surface area contributed by atoms with Gasteiger partial charge < -0.3 is 5.73 Å². The first-order valence-corrected chi connectivity index (χ1v) is 6.54. The Kier molecular flexibility index (Phi) is 3.83. The SMILES string of the molecule is CCc1ccc(C(C)(N)Cc2ccccc2)cc1. The molecule has 2 N–H and O–H groups in total. The predicted octanol–water partition coefficient (Wildman–Crippen LogP) is 3.67. The molecule has 94 valence electrons. The van der Waals surface area contributed by atoms with Gasteiger partial charge in [-0.25, -0.2) is 0 Å². The summed E-state index contributed by atoms with van der Waals surface area (Å²) in [6.07, 6.45) is 1.93. The molecule has 0 aliphatic rings. The Morgan fingerprint density at radius 1 is 0.889 bits per heavy atom. The Bertz CT molecular complexity index is 483. The van der Waals surface area contributed by atoms with Gasteiger partial charge in [0.2, 0.25) is 0 Å². The van der Waals surface area contributed by atoms with Crippen molar-refractivity contribution < 1.29 is 0 Å². The average Bonchev–Trinajstić information content (AvgIpc) is 2.39. The van der Waals surface area contributed by atoms with E-state index in [1.54, 1.807) is 0 Å². The van der Waals surface area contributed by atoms with E-state index >= 15 is 0 Å². The first kappa shape index (κ1) is 12.8. The summed E-state index contributed by atoms with van der Waals surface area (Å²) < 4.78 is 0. The van der Waals surface area contributed by atoms with Crippen molar-refractivity contribution in [1.82, 2.24) is 0 Å². The van der Waals surface area contributed by atoms with Gasteiger partial charge in [0.25, 0.3) is 0 Å². The molecule has 0 aliphatic carbocycles. The summed E-state index contributed by atoms with van der Waals surface area (Å²) in [5, 5.41) is 0. The van der Waals surface area contributed by atoms with E-state index in [-0.39, 0.29) is 5.54 Å². The molecule has 0 aliphatic heterocycles. The number of rotatable bonds is 4. The molecule has 18 heavy (non-hydrogen) atoms. The van der Waals surface area contributed by atoms with Gasteiger partial charge in [0, 0.05) is 5.54 Å². The second kappa shape index (κ2) is 5.36. The molecule has 0 aromatic heterocycles. The fourth-order valence-electron chi connectivity index (χ4n) is 2.24. The van der Waals surface area contributed by atoms with Crippen molar-refractivity contribution in [2.45, 2.75) is 32.2 Å². The van der Waals surface area contributed by atoms with E-state index < -0.39 is 0 Å². The fraction of sp³-hybridized carbons (Fsp3) is 0.294. The Hall–Kier alpha value is -1.60. The summed E-state index contributed by atoms with van der Waals surface area (Å²) in [4.78, 5) is 0. The number of hydrogen-bond donors (Lipinski definition) is 1. The van der Waals surface area contributed by atoms with E-state index in [2.05, 4.69) is 62.4 Å². The monoisotopic (exact) mass is 239 g/mol. The highest BCUT2D eigenvalue weighted by Gasteiger charge is 2.21. The van der Waals surface area contributed by atoms with Gasteiger partial charge in [0.05, 0.1) is 0 Å². The first-order chi connectivity index (χ1) is 8.62. The van der Waals surface area contributed by atoms with Crippen LogP contribution in [0.15, 0.2) is 54.6 Å². The molecule has 1 atom stereocenters. The molecule has 2 aromatic carbocycles. The van der Waals surface area contributed by atoms with Crippen LogP contribution in [0, 0.1) is 0 Å². The van der Waals surface area contributed by atoms with Crippen LogP contribution < -0.4 is 5.73 Å². The van der Waals surface area contributed by atoms with Gasteiger partial charge in [-0.15, -0.1) is 0 Å². The lowest BCUT2D eigenvalue weighted by molar-refractivity contribution is 0.491.